The van der Waals surface area contributed by atoms with Crippen LogP contribution in [0.1, 0.15) is 25.8 Å². The van der Waals surface area contributed by atoms with E-state index in [9.17, 15) is 5.11 Å². The van der Waals surface area contributed by atoms with Gasteiger partial charge >= 0.3 is 6.01 Å². The summed E-state index contributed by atoms with van der Waals surface area (Å²) < 4.78 is 6.51. The number of nitrogens with zero attached hydrogens (tertiary/aromatic N) is 3. The average Bonchev–Trinajstić information content (AvgIpc) is 3.00. The number of aromatic nitrogens is 3. The number of rotatable bonds is 8. The summed E-state index contributed by atoms with van der Waals surface area (Å²) in [7, 11) is 0. The summed E-state index contributed by atoms with van der Waals surface area (Å²) in [6, 6.07) is 9.93. The Labute approximate surface area is 156 Å². The fourth-order valence-corrected chi connectivity index (χ4v) is 3.37. The van der Waals surface area contributed by atoms with Crippen molar-refractivity contribution in [1.29, 1.82) is 0 Å². The molecule has 0 aliphatic carbocycles. The molecule has 0 aliphatic heterocycles. The monoisotopic (exact) mass is 373 g/mol. The van der Waals surface area contributed by atoms with Crippen molar-refractivity contribution in [3.05, 3.63) is 35.9 Å². The van der Waals surface area contributed by atoms with Gasteiger partial charge in [0.25, 0.3) is 0 Å². The maximum absolute atomic E-state index is 9.66. The number of aliphatic hydroxyl groups excluding tert-OH is 1. The molecule has 0 aliphatic rings. The first-order valence-electron chi connectivity index (χ1n) is 8.53. The van der Waals surface area contributed by atoms with E-state index < -0.39 is 0 Å². The van der Waals surface area contributed by atoms with E-state index in [4.69, 9.17) is 10.5 Å². The van der Waals surface area contributed by atoms with Crippen LogP contribution in [0.4, 0.5) is 10.9 Å². The van der Waals surface area contributed by atoms with Gasteiger partial charge in [0.15, 0.2) is 16.6 Å². The molecule has 0 amide bonds. The molecule has 3 rings (SSSR count). The molecule has 0 bridgehead atoms. The maximum Gasteiger partial charge on any atom is 0.320 e. The molecule has 1 atom stereocenters. The quantitative estimate of drug-likeness (QED) is 0.557. The van der Waals surface area contributed by atoms with Crippen LogP contribution in [0.2, 0.25) is 0 Å². The highest BCUT2D eigenvalue weighted by molar-refractivity contribution is 7.22. The van der Waals surface area contributed by atoms with Crippen LogP contribution in [0.3, 0.4) is 0 Å². The summed E-state index contributed by atoms with van der Waals surface area (Å²) in [5, 5.41) is 13.4. The molecule has 0 saturated carbocycles. The Bertz CT molecular complexity index is 853. The SMILES string of the molecule is CC(C)C[C@H](CO)Nc1nc(OCc2ccccc2)nc2nc(N)sc12. The second-order valence-electron chi connectivity index (χ2n) is 6.49. The molecule has 0 spiro atoms. The van der Waals surface area contributed by atoms with E-state index >= 15 is 0 Å². The Morgan fingerprint density at radius 2 is 1.96 bits per heavy atom. The van der Waals surface area contributed by atoms with Crippen LogP contribution >= 0.6 is 11.3 Å². The van der Waals surface area contributed by atoms with Gasteiger partial charge in [-0.15, -0.1) is 0 Å². The van der Waals surface area contributed by atoms with Gasteiger partial charge < -0.3 is 20.9 Å². The number of ether oxygens (including phenoxy) is 1. The summed E-state index contributed by atoms with van der Waals surface area (Å²) in [5.41, 5.74) is 7.36. The summed E-state index contributed by atoms with van der Waals surface area (Å²) in [5.74, 6) is 1.03. The van der Waals surface area contributed by atoms with Gasteiger partial charge in [-0.3, -0.25) is 0 Å². The van der Waals surface area contributed by atoms with Crippen LogP contribution in [0, 0.1) is 5.92 Å². The zero-order valence-electron chi connectivity index (χ0n) is 14.8. The van der Waals surface area contributed by atoms with Crippen LogP contribution in [-0.4, -0.2) is 32.7 Å². The smallest absolute Gasteiger partial charge is 0.320 e. The van der Waals surface area contributed by atoms with E-state index in [-0.39, 0.29) is 18.7 Å². The molecule has 0 unspecified atom stereocenters. The number of nitrogen functional groups attached to an aromatic ring is 1. The van der Waals surface area contributed by atoms with Gasteiger partial charge in [-0.25, -0.2) is 0 Å². The van der Waals surface area contributed by atoms with Crippen molar-refractivity contribution in [3.63, 3.8) is 0 Å². The summed E-state index contributed by atoms with van der Waals surface area (Å²) in [6.45, 7) is 4.59. The summed E-state index contributed by atoms with van der Waals surface area (Å²) in [4.78, 5) is 13.1. The van der Waals surface area contributed by atoms with Gasteiger partial charge in [0.05, 0.1) is 12.6 Å². The number of thiazole rings is 1. The first-order chi connectivity index (χ1) is 12.5. The molecule has 2 heterocycles. The standard InChI is InChI=1S/C18H23N5O2S/c1-11(2)8-13(9-24)20-15-14-16(21-17(19)26-14)23-18(22-15)25-10-12-6-4-3-5-7-12/h3-7,11,13,24H,8-10H2,1-2H3,(H3,19,20,21,22,23)/t13-/m1/s1. The fourth-order valence-electron chi connectivity index (χ4n) is 2.65. The number of aliphatic hydroxyl groups is 1. The van der Waals surface area contributed by atoms with Crippen LogP contribution < -0.4 is 15.8 Å². The summed E-state index contributed by atoms with van der Waals surface area (Å²) in [6.07, 6.45) is 0.816. The van der Waals surface area contributed by atoms with Crippen molar-refractivity contribution in [1.82, 2.24) is 15.0 Å². The van der Waals surface area contributed by atoms with Crippen molar-refractivity contribution in [2.24, 2.45) is 5.92 Å². The Hall–Kier alpha value is -2.45. The van der Waals surface area contributed by atoms with E-state index in [0.29, 0.717) is 29.1 Å². The Morgan fingerprint density at radius 3 is 2.65 bits per heavy atom. The molecular formula is C18H23N5O2S. The molecule has 1 aromatic carbocycles. The highest BCUT2D eigenvalue weighted by Gasteiger charge is 2.17. The van der Waals surface area contributed by atoms with Crippen LogP contribution in [0.15, 0.2) is 30.3 Å². The van der Waals surface area contributed by atoms with Crippen molar-refractivity contribution in [3.8, 4) is 6.01 Å². The number of nitrogens with two attached hydrogens (primary N) is 1. The van der Waals surface area contributed by atoms with E-state index in [1.165, 1.54) is 11.3 Å². The first-order valence-corrected chi connectivity index (χ1v) is 9.35. The average molecular weight is 373 g/mol. The van der Waals surface area contributed by atoms with Gasteiger partial charge in [0.2, 0.25) is 0 Å². The Morgan fingerprint density at radius 1 is 1.19 bits per heavy atom. The topological polar surface area (TPSA) is 106 Å². The molecule has 3 aromatic rings. The molecule has 0 radical (unpaired) electrons. The number of fused-ring (bicyclic) bond motifs is 1. The molecule has 138 valence electrons. The van der Waals surface area contributed by atoms with Gasteiger partial charge in [0.1, 0.15) is 11.3 Å². The molecule has 7 nitrogen and oxygen atoms in total. The Kier molecular flexibility index (Phi) is 5.85. The number of anilines is 2. The molecular weight excluding hydrogens is 350 g/mol. The van der Waals surface area contributed by atoms with Gasteiger partial charge in [-0.1, -0.05) is 55.5 Å². The lowest BCUT2D eigenvalue weighted by Crippen LogP contribution is -2.26. The third-order valence-corrected chi connectivity index (χ3v) is 4.66. The first kappa shape index (κ1) is 18.3. The lowest BCUT2D eigenvalue weighted by Gasteiger charge is -2.19. The molecule has 4 N–H and O–H groups in total. The predicted octanol–water partition coefficient (Wildman–Crippen LogP) is 3.07. The van der Waals surface area contributed by atoms with Gasteiger partial charge in [-0.2, -0.15) is 15.0 Å². The highest BCUT2D eigenvalue weighted by Crippen LogP contribution is 2.31. The number of hydrogen-bond acceptors (Lipinski definition) is 8. The third kappa shape index (κ3) is 4.59. The Balaban J connectivity index is 1.85. The third-order valence-electron chi connectivity index (χ3n) is 3.78. The fraction of sp³-hybridized carbons (Fsp3) is 0.389. The minimum atomic E-state index is -0.113. The molecule has 8 heteroatoms. The normalized spacial score (nSPS) is 12.5. The number of benzene rings is 1. The second kappa shape index (κ2) is 8.29. The van der Waals surface area contributed by atoms with Crippen LogP contribution in [0.5, 0.6) is 6.01 Å². The molecule has 0 saturated heterocycles. The maximum atomic E-state index is 9.66. The van der Waals surface area contributed by atoms with Crippen molar-refractivity contribution in [2.45, 2.75) is 32.9 Å². The highest BCUT2D eigenvalue weighted by atomic mass is 32.1. The second-order valence-corrected chi connectivity index (χ2v) is 7.52. The number of nitrogens with one attached hydrogen (secondary N) is 1. The van der Waals surface area contributed by atoms with E-state index in [0.717, 1.165) is 16.7 Å². The van der Waals surface area contributed by atoms with Crippen LogP contribution in [-0.2, 0) is 6.61 Å². The minimum absolute atomic E-state index is 0.0121. The largest absolute Gasteiger partial charge is 0.458 e. The van der Waals surface area contributed by atoms with Gasteiger partial charge in [0, 0.05) is 0 Å². The molecule has 26 heavy (non-hydrogen) atoms. The summed E-state index contributed by atoms with van der Waals surface area (Å²) >= 11 is 1.32. The van der Waals surface area contributed by atoms with Crippen molar-refractivity contribution in [2.75, 3.05) is 17.7 Å². The van der Waals surface area contributed by atoms with Crippen molar-refractivity contribution < 1.29 is 9.84 Å². The van der Waals surface area contributed by atoms with E-state index in [2.05, 4.69) is 34.1 Å². The molecule has 0 fully saturated rings. The number of hydrogen-bond donors (Lipinski definition) is 3. The lowest BCUT2D eigenvalue weighted by atomic mass is 10.0. The minimum Gasteiger partial charge on any atom is -0.458 e. The predicted molar refractivity (Wildman–Crippen MR) is 104 cm³/mol. The zero-order valence-corrected chi connectivity index (χ0v) is 15.7. The zero-order chi connectivity index (χ0) is 18.5. The lowest BCUT2D eigenvalue weighted by molar-refractivity contribution is 0.258. The van der Waals surface area contributed by atoms with E-state index in [1.807, 2.05) is 30.3 Å². The van der Waals surface area contributed by atoms with Crippen LogP contribution in [0.25, 0.3) is 10.3 Å². The van der Waals surface area contributed by atoms with Gasteiger partial charge in [-0.05, 0) is 17.9 Å². The van der Waals surface area contributed by atoms with E-state index in [1.54, 1.807) is 0 Å². The molecule has 2 aromatic heterocycles. The van der Waals surface area contributed by atoms with Crippen molar-refractivity contribution >= 4 is 32.6 Å².